The third-order valence-electron chi connectivity index (χ3n) is 3.28. The minimum atomic E-state index is 0.331. The lowest BCUT2D eigenvalue weighted by molar-refractivity contribution is 0.485. The van der Waals surface area contributed by atoms with Gasteiger partial charge >= 0.3 is 0 Å². The largest absolute Gasteiger partial charge is 0.271 e. The number of rotatable bonds is 4. The maximum atomic E-state index is 5.65. The van der Waals surface area contributed by atoms with Gasteiger partial charge in [0.25, 0.3) is 0 Å². The lowest BCUT2D eigenvalue weighted by Crippen LogP contribution is -2.29. The van der Waals surface area contributed by atoms with E-state index < -0.39 is 0 Å². The number of benzene rings is 1. The van der Waals surface area contributed by atoms with Crippen LogP contribution in [0.4, 0.5) is 0 Å². The Morgan fingerprint density at radius 3 is 2.73 bits per heavy atom. The van der Waals surface area contributed by atoms with E-state index in [2.05, 4.69) is 37.5 Å². The van der Waals surface area contributed by atoms with Crippen LogP contribution in [0.1, 0.15) is 42.0 Å². The zero-order valence-electron chi connectivity index (χ0n) is 9.59. The van der Waals surface area contributed by atoms with Gasteiger partial charge in [-0.25, -0.2) is 0 Å². The van der Waals surface area contributed by atoms with Crippen molar-refractivity contribution in [3.8, 4) is 0 Å². The number of nitrogens with one attached hydrogen (secondary N) is 1. The first-order valence-electron chi connectivity index (χ1n) is 5.74. The third kappa shape index (κ3) is 2.58. The maximum absolute atomic E-state index is 5.65. The highest BCUT2D eigenvalue weighted by Crippen LogP contribution is 2.38. The molecule has 1 aromatic rings. The topological polar surface area (TPSA) is 38.0 Å². The predicted molar refractivity (Wildman–Crippen MR) is 63.3 cm³/mol. The molecule has 82 valence electrons. The van der Waals surface area contributed by atoms with E-state index in [9.17, 15) is 0 Å². The molecular formula is C13H20N2. The van der Waals surface area contributed by atoms with Gasteiger partial charge in [0.15, 0.2) is 0 Å². The molecule has 2 nitrogen and oxygen atoms in total. The smallest absolute Gasteiger partial charge is 0.0465 e. The summed E-state index contributed by atoms with van der Waals surface area (Å²) in [7, 11) is 0. The summed E-state index contributed by atoms with van der Waals surface area (Å²) < 4.78 is 0. The second-order valence-corrected chi connectivity index (χ2v) is 4.76. The quantitative estimate of drug-likeness (QED) is 0.584. The Kier molecular flexibility index (Phi) is 3.08. The Bertz CT molecular complexity index is 342. The molecule has 1 atom stereocenters. The summed E-state index contributed by atoms with van der Waals surface area (Å²) in [5, 5.41) is 0. The summed E-state index contributed by atoms with van der Waals surface area (Å²) in [4.78, 5) is 0. The molecule has 1 aromatic carbocycles. The molecule has 1 saturated carbocycles. The number of nitrogens with two attached hydrogens (primary N) is 1. The molecule has 0 amide bonds. The van der Waals surface area contributed by atoms with Gasteiger partial charge in [-0.1, -0.05) is 36.6 Å². The molecule has 0 aliphatic heterocycles. The van der Waals surface area contributed by atoms with Crippen LogP contribution in [-0.2, 0) is 0 Å². The molecule has 2 rings (SSSR count). The molecule has 0 aromatic heterocycles. The average molecular weight is 204 g/mol. The monoisotopic (exact) mass is 204 g/mol. The summed E-state index contributed by atoms with van der Waals surface area (Å²) in [5.74, 6) is 6.54. The highest BCUT2D eigenvalue weighted by molar-refractivity contribution is 5.33. The van der Waals surface area contributed by atoms with Crippen LogP contribution in [0.3, 0.4) is 0 Å². The van der Waals surface area contributed by atoms with E-state index in [4.69, 9.17) is 5.84 Å². The Morgan fingerprint density at radius 2 is 2.13 bits per heavy atom. The van der Waals surface area contributed by atoms with Gasteiger partial charge in [0.1, 0.15) is 0 Å². The fraction of sp³-hybridized carbons (Fsp3) is 0.538. The van der Waals surface area contributed by atoms with Crippen LogP contribution in [0.25, 0.3) is 0 Å². The highest BCUT2D eigenvalue weighted by atomic mass is 15.2. The SMILES string of the molecule is Cc1ccc(C)c(C(CC2CC2)NN)c1. The molecule has 0 heterocycles. The number of aryl methyl sites for hydroxylation is 2. The van der Waals surface area contributed by atoms with Crippen molar-refractivity contribution in [3.63, 3.8) is 0 Å². The highest BCUT2D eigenvalue weighted by Gasteiger charge is 2.26. The predicted octanol–water partition coefficient (Wildman–Crippen LogP) is 2.61. The van der Waals surface area contributed by atoms with E-state index in [1.165, 1.54) is 36.0 Å². The summed E-state index contributed by atoms with van der Waals surface area (Å²) in [6.45, 7) is 4.29. The molecule has 0 saturated heterocycles. The number of hydrogen-bond acceptors (Lipinski definition) is 2. The van der Waals surface area contributed by atoms with Gasteiger partial charge in [-0.15, -0.1) is 0 Å². The summed E-state index contributed by atoms with van der Waals surface area (Å²) in [5.41, 5.74) is 6.97. The van der Waals surface area contributed by atoms with Crippen LogP contribution in [0.2, 0.25) is 0 Å². The van der Waals surface area contributed by atoms with Gasteiger partial charge < -0.3 is 0 Å². The van der Waals surface area contributed by atoms with Crippen molar-refractivity contribution in [3.05, 3.63) is 34.9 Å². The summed E-state index contributed by atoms with van der Waals surface area (Å²) in [6.07, 6.45) is 3.94. The van der Waals surface area contributed by atoms with Gasteiger partial charge in [-0.05, 0) is 37.3 Å². The molecule has 1 unspecified atom stereocenters. The van der Waals surface area contributed by atoms with E-state index in [0.717, 1.165) is 5.92 Å². The van der Waals surface area contributed by atoms with Gasteiger partial charge in [-0.2, -0.15) is 0 Å². The van der Waals surface area contributed by atoms with Crippen molar-refractivity contribution in [1.82, 2.24) is 5.43 Å². The molecule has 0 radical (unpaired) electrons. The van der Waals surface area contributed by atoms with Crippen LogP contribution in [0, 0.1) is 19.8 Å². The zero-order chi connectivity index (χ0) is 10.8. The van der Waals surface area contributed by atoms with E-state index in [1.807, 2.05) is 0 Å². The van der Waals surface area contributed by atoms with Gasteiger partial charge in [-0.3, -0.25) is 11.3 Å². The summed E-state index contributed by atoms with van der Waals surface area (Å²) >= 11 is 0. The molecular weight excluding hydrogens is 184 g/mol. The second kappa shape index (κ2) is 4.33. The Balaban J connectivity index is 2.19. The van der Waals surface area contributed by atoms with Crippen LogP contribution in [0.15, 0.2) is 18.2 Å². The van der Waals surface area contributed by atoms with Crippen molar-refractivity contribution in [1.29, 1.82) is 0 Å². The van der Waals surface area contributed by atoms with Crippen LogP contribution in [-0.4, -0.2) is 0 Å². The molecule has 1 fully saturated rings. The fourth-order valence-electron chi connectivity index (χ4n) is 2.11. The van der Waals surface area contributed by atoms with Crippen molar-refractivity contribution >= 4 is 0 Å². The standard InChI is InChI=1S/C13H20N2/c1-9-3-4-10(2)12(7-9)13(15-14)8-11-5-6-11/h3-4,7,11,13,15H,5-6,8,14H2,1-2H3. The van der Waals surface area contributed by atoms with E-state index >= 15 is 0 Å². The van der Waals surface area contributed by atoms with Crippen molar-refractivity contribution in [2.24, 2.45) is 11.8 Å². The molecule has 3 N–H and O–H groups in total. The first kappa shape index (κ1) is 10.7. The van der Waals surface area contributed by atoms with E-state index in [0.29, 0.717) is 6.04 Å². The van der Waals surface area contributed by atoms with Crippen molar-refractivity contribution in [2.45, 2.75) is 39.2 Å². The number of hydrazine groups is 1. The average Bonchev–Trinajstić information content (AvgIpc) is 3.02. The lowest BCUT2D eigenvalue weighted by atomic mass is 9.96. The Morgan fingerprint density at radius 1 is 1.40 bits per heavy atom. The molecule has 0 bridgehead atoms. The van der Waals surface area contributed by atoms with Crippen molar-refractivity contribution < 1.29 is 0 Å². The first-order chi connectivity index (χ1) is 7.20. The zero-order valence-corrected chi connectivity index (χ0v) is 9.59. The minimum Gasteiger partial charge on any atom is -0.271 e. The Labute approximate surface area is 91.8 Å². The fourth-order valence-corrected chi connectivity index (χ4v) is 2.11. The van der Waals surface area contributed by atoms with Crippen LogP contribution < -0.4 is 11.3 Å². The first-order valence-corrected chi connectivity index (χ1v) is 5.74. The molecule has 2 heteroatoms. The molecule has 1 aliphatic rings. The van der Waals surface area contributed by atoms with Gasteiger partial charge in [0.2, 0.25) is 0 Å². The summed E-state index contributed by atoms with van der Waals surface area (Å²) in [6, 6.07) is 6.92. The molecule has 15 heavy (non-hydrogen) atoms. The maximum Gasteiger partial charge on any atom is 0.0465 e. The minimum absolute atomic E-state index is 0.331. The third-order valence-corrected chi connectivity index (χ3v) is 3.28. The van der Waals surface area contributed by atoms with Crippen LogP contribution in [0.5, 0.6) is 0 Å². The Hall–Kier alpha value is -0.860. The number of hydrogen-bond donors (Lipinski definition) is 2. The van der Waals surface area contributed by atoms with Gasteiger partial charge in [0, 0.05) is 6.04 Å². The van der Waals surface area contributed by atoms with E-state index in [-0.39, 0.29) is 0 Å². The van der Waals surface area contributed by atoms with Gasteiger partial charge in [0.05, 0.1) is 0 Å². The van der Waals surface area contributed by atoms with E-state index in [1.54, 1.807) is 0 Å². The lowest BCUT2D eigenvalue weighted by Gasteiger charge is -2.18. The van der Waals surface area contributed by atoms with Crippen molar-refractivity contribution in [2.75, 3.05) is 0 Å². The second-order valence-electron chi connectivity index (χ2n) is 4.76. The molecule has 0 spiro atoms. The normalized spacial score (nSPS) is 17.8. The van der Waals surface area contributed by atoms with Crippen LogP contribution >= 0.6 is 0 Å². The molecule has 1 aliphatic carbocycles.